The van der Waals surface area contributed by atoms with Crippen molar-refractivity contribution in [2.75, 3.05) is 24.9 Å². The number of phenols is 1. The minimum absolute atomic E-state index is 0.160. The van der Waals surface area contributed by atoms with Gasteiger partial charge in [0.05, 0.1) is 20.4 Å². The lowest BCUT2D eigenvalue weighted by molar-refractivity contribution is 0.407. The second kappa shape index (κ2) is 9.13. The largest absolute Gasteiger partial charge is 0.508 e. The van der Waals surface area contributed by atoms with Crippen molar-refractivity contribution in [2.45, 2.75) is 6.54 Å². The van der Waals surface area contributed by atoms with Crippen molar-refractivity contribution >= 4 is 17.4 Å². The molecule has 0 amide bonds. The first kappa shape index (κ1) is 20.2. The summed E-state index contributed by atoms with van der Waals surface area (Å²) in [5.74, 6) is 2.14. The van der Waals surface area contributed by atoms with E-state index in [4.69, 9.17) is 13.9 Å². The molecule has 0 aliphatic rings. The molecule has 7 heteroatoms. The third-order valence-electron chi connectivity index (χ3n) is 4.69. The molecule has 0 atom stereocenters. The van der Waals surface area contributed by atoms with Crippen LogP contribution in [0.3, 0.4) is 0 Å². The summed E-state index contributed by atoms with van der Waals surface area (Å²) in [4.78, 5) is 4.34. The molecule has 0 unspecified atom stereocenters. The fraction of sp³-hybridized carbons (Fsp3) is 0.125. The average Bonchev–Trinajstić information content (AvgIpc) is 3.25. The van der Waals surface area contributed by atoms with Gasteiger partial charge >= 0.3 is 0 Å². The zero-order valence-electron chi connectivity index (χ0n) is 17.3. The predicted molar refractivity (Wildman–Crippen MR) is 120 cm³/mol. The maximum Gasteiger partial charge on any atom is 0.299 e. The Morgan fingerprint density at radius 2 is 1.77 bits per heavy atom. The Balaban J connectivity index is 1.51. The minimum atomic E-state index is 0.160. The van der Waals surface area contributed by atoms with Gasteiger partial charge in [-0.25, -0.2) is 4.98 Å². The summed E-state index contributed by atoms with van der Waals surface area (Å²) in [6.07, 6.45) is 1.68. The van der Waals surface area contributed by atoms with E-state index in [0.29, 0.717) is 24.1 Å². The van der Waals surface area contributed by atoms with E-state index in [9.17, 15) is 5.11 Å². The number of ether oxygens (including phenoxy) is 2. The molecular weight excluding hydrogens is 394 g/mol. The third-order valence-corrected chi connectivity index (χ3v) is 4.69. The number of nitrogens with one attached hydrogen (secondary N) is 2. The summed E-state index contributed by atoms with van der Waals surface area (Å²) in [5.41, 5.74) is 3.47. The molecule has 0 fully saturated rings. The average molecular weight is 417 g/mol. The Labute approximate surface area is 180 Å². The summed E-state index contributed by atoms with van der Waals surface area (Å²) in [7, 11) is 3.20. The van der Waals surface area contributed by atoms with Crippen molar-refractivity contribution in [3.05, 3.63) is 78.5 Å². The molecule has 0 bridgehead atoms. The molecule has 31 heavy (non-hydrogen) atoms. The van der Waals surface area contributed by atoms with Crippen LogP contribution in [0.5, 0.6) is 17.2 Å². The Morgan fingerprint density at radius 3 is 2.61 bits per heavy atom. The van der Waals surface area contributed by atoms with E-state index in [1.807, 2.05) is 54.6 Å². The number of nitrogens with zero attached hydrogens (tertiary/aromatic N) is 1. The summed E-state index contributed by atoms with van der Waals surface area (Å²) >= 11 is 0. The van der Waals surface area contributed by atoms with Crippen LogP contribution in [0.25, 0.3) is 11.3 Å². The summed E-state index contributed by atoms with van der Waals surface area (Å²) in [5, 5.41) is 16.4. The molecule has 0 spiro atoms. The van der Waals surface area contributed by atoms with Crippen molar-refractivity contribution in [2.24, 2.45) is 0 Å². The molecule has 0 radical (unpaired) electrons. The molecule has 158 valence electrons. The molecule has 0 saturated carbocycles. The molecule has 3 N–H and O–H groups in total. The van der Waals surface area contributed by atoms with Crippen LogP contribution in [0.4, 0.5) is 17.4 Å². The van der Waals surface area contributed by atoms with Crippen LogP contribution in [0.2, 0.25) is 0 Å². The Morgan fingerprint density at radius 1 is 0.935 bits per heavy atom. The van der Waals surface area contributed by atoms with Gasteiger partial charge in [0.25, 0.3) is 6.01 Å². The van der Waals surface area contributed by atoms with Crippen LogP contribution < -0.4 is 20.1 Å². The van der Waals surface area contributed by atoms with E-state index < -0.39 is 0 Å². The standard InChI is InChI=1S/C24H23N3O4/c1-29-19-7-5-6-17(12-19)27-24-26-15-23(31-24)21-8-3-4-9-22(21)25-14-16-10-18(28)13-20(11-16)30-2/h3-13,15,25,28H,14H2,1-2H3,(H,26,27). The molecule has 0 aliphatic carbocycles. The summed E-state index contributed by atoms with van der Waals surface area (Å²) < 4.78 is 16.4. The molecule has 7 nitrogen and oxygen atoms in total. The first-order valence-electron chi connectivity index (χ1n) is 9.71. The van der Waals surface area contributed by atoms with Gasteiger partial charge in [-0.05, 0) is 42.0 Å². The Bertz CT molecular complexity index is 1170. The summed E-state index contributed by atoms with van der Waals surface area (Å²) in [6.45, 7) is 0.505. The number of anilines is 3. The maximum atomic E-state index is 9.87. The number of phenolic OH excluding ortho intramolecular Hbond substituents is 1. The highest BCUT2D eigenvalue weighted by Crippen LogP contribution is 2.31. The lowest BCUT2D eigenvalue weighted by Crippen LogP contribution is -2.01. The van der Waals surface area contributed by atoms with Crippen molar-refractivity contribution in [3.8, 4) is 28.6 Å². The number of oxazole rings is 1. The highest BCUT2D eigenvalue weighted by Gasteiger charge is 2.11. The van der Waals surface area contributed by atoms with E-state index in [2.05, 4.69) is 15.6 Å². The second-order valence-electron chi connectivity index (χ2n) is 6.83. The molecule has 4 aromatic rings. The number of benzene rings is 3. The van der Waals surface area contributed by atoms with Crippen molar-refractivity contribution < 1.29 is 19.0 Å². The van der Waals surface area contributed by atoms with Gasteiger partial charge < -0.3 is 29.6 Å². The number of rotatable bonds is 8. The minimum Gasteiger partial charge on any atom is -0.508 e. The quantitative estimate of drug-likeness (QED) is 0.353. The number of aromatic nitrogens is 1. The van der Waals surface area contributed by atoms with E-state index in [-0.39, 0.29) is 5.75 Å². The van der Waals surface area contributed by atoms with E-state index in [0.717, 1.165) is 28.3 Å². The molecule has 0 aliphatic heterocycles. The molecule has 1 heterocycles. The van der Waals surface area contributed by atoms with Gasteiger partial charge in [0, 0.05) is 35.6 Å². The zero-order chi connectivity index (χ0) is 21.6. The van der Waals surface area contributed by atoms with Crippen LogP contribution in [0.1, 0.15) is 5.56 Å². The molecule has 3 aromatic carbocycles. The summed E-state index contributed by atoms with van der Waals surface area (Å²) in [6, 6.07) is 20.9. The first-order chi connectivity index (χ1) is 15.1. The molecule has 1 aromatic heterocycles. The number of hydrogen-bond acceptors (Lipinski definition) is 7. The number of aromatic hydroxyl groups is 1. The lowest BCUT2D eigenvalue weighted by Gasteiger charge is -2.11. The normalized spacial score (nSPS) is 10.5. The smallest absolute Gasteiger partial charge is 0.299 e. The van der Waals surface area contributed by atoms with E-state index >= 15 is 0 Å². The van der Waals surface area contributed by atoms with E-state index in [1.54, 1.807) is 32.5 Å². The highest BCUT2D eigenvalue weighted by molar-refractivity contribution is 5.75. The Hall–Kier alpha value is -4.13. The van der Waals surface area contributed by atoms with Crippen molar-refractivity contribution in [1.29, 1.82) is 0 Å². The molecular formula is C24H23N3O4. The van der Waals surface area contributed by atoms with Crippen molar-refractivity contribution in [1.82, 2.24) is 4.98 Å². The van der Waals surface area contributed by atoms with Gasteiger partial charge in [-0.15, -0.1) is 0 Å². The lowest BCUT2D eigenvalue weighted by atomic mass is 10.1. The Kier molecular flexibility index (Phi) is 5.93. The maximum absolute atomic E-state index is 9.87. The van der Waals surface area contributed by atoms with Crippen LogP contribution in [-0.2, 0) is 6.54 Å². The third kappa shape index (κ3) is 4.90. The number of para-hydroxylation sites is 1. The highest BCUT2D eigenvalue weighted by atomic mass is 16.5. The SMILES string of the molecule is COc1cc(O)cc(CNc2ccccc2-c2cnc(Nc3cccc(OC)c3)o2)c1. The zero-order valence-corrected chi connectivity index (χ0v) is 17.3. The van der Waals surface area contributed by atoms with Gasteiger partial charge in [-0.2, -0.15) is 0 Å². The van der Waals surface area contributed by atoms with Gasteiger partial charge in [-0.3, -0.25) is 0 Å². The van der Waals surface area contributed by atoms with Crippen LogP contribution in [0, 0.1) is 0 Å². The van der Waals surface area contributed by atoms with Crippen LogP contribution >= 0.6 is 0 Å². The molecule has 4 rings (SSSR count). The number of methoxy groups -OCH3 is 2. The second-order valence-corrected chi connectivity index (χ2v) is 6.83. The van der Waals surface area contributed by atoms with Crippen LogP contribution in [0.15, 0.2) is 77.3 Å². The predicted octanol–water partition coefficient (Wildman–Crippen LogP) is 5.42. The fourth-order valence-corrected chi connectivity index (χ4v) is 3.19. The topological polar surface area (TPSA) is 88.8 Å². The number of hydrogen-bond donors (Lipinski definition) is 3. The first-order valence-corrected chi connectivity index (χ1v) is 9.71. The van der Waals surface area contributed by atoms with Gasteiger partial charge in [0.1, 0.15) is 17.2 Å². The molecule has 0 saturated heterocycles. The van der Waals surface area contributed by atoms with Gasteiger partial charge in [-0.1, -0.05) is 18.2 Å². The van der Waals surface area contributed by atoms with Gasteiger partial charge in [0.2, 0.25) is 0 Å². The monoisotopic (exact) mass is 417 g/mol. The van der Waals surface area contributed by atoms with Crippen LogP contribution in [-0.4, -0.2) is 24.3 Å². The fourth-order valence-electron chi connectivity index (χ4n) is 3.19. The van der Waals surface area contributed by atoms with Crippen molar-refractivity contribution in [3.63, 3.8) is 0 Å². The van der Waals surface area contributed by atoms with E-state index in [1.165, 1.54) is 0 Å². The van der Waals surface area contributed by atoms with Gasteiger partial charge in [0.15, 0.2) is 5.76 Å².